The molecular formula is C8H12ClNO2S. The Morgan fingerprint density at radius 1 is 1.31 bits per heavy atom. The van der Waals surface area contributed by atoms with Crippen molar-refractivity contribution < 1.29 is 8.42 Å². The molecule has 0 bridgehead atoms. The van der Waals surface area contributed by atoms with Crippen molar-refractivity contribution in [1.29, 1.82) is 0 Å². The SMILES string of the molecule is CNc1cccc(S(C)(=O)=O)c1.Cl. The normalized spacial score (nSPS) is 10.3. The van der Waals surface area contributed by atoms with Crippen molar-refractivity contribution in [2.75, 3.05) is 18.6 Å². The number of halogens is 1. The van der Waals surface area contributed by atoms with Gasteiger partial charge in [0.2, 0.25) is 0 Å². The molecule has 1 N–H and O–H groups in total. The molecule has 0 amide bonds. The zero-order valence-electron chi connectivity index (χ0n) is 7.44. The molecule has 0 saturated carbocycles. The highest BCUT2D eigenvalue weighted by Gasteiger charge is 2.05. The first-order valence-corrected chi connectivity index (χ1v) is 5.41. The van der Waals surface area contributed by atoms with Gasteiger partial charge < -0.3 is 5.32 Å². The van der Waals surface area contributed by atoms with Gasteiger partial charge in [-0.1, -0.05) is 6.07 Å². The van der Waals surface area contributed by atoms with Crippen LogP contribution in [0.5, 0.6) is 0 Å². The quantitative estimate of drug-likeness (QED) is 0.825. The summed E-state index contributed by atoms with van der Waals surface area (Å²) in [5, 5.41) is 2.88. The fourth-order valence-electron chi connectivity index (χ4n) is 0.882. The van der Waals surface area contributed by atoms with Gasteiger partial charge in [0, 0.05) is 19.0 Å². The van der Waals surface area contributed by atoms with Crippen LogP contribution in [-0.2, 0) is 9.84 Å². The largest absolute Gasteiger partial charge is 0.388 e. The molecule has 0 aromatic heterocycles. The average molecular weight is 222 g/mol. The van der Waals surface area contributed by atoms with E-state index in [9.17, 15) is 8.42 Å². The molecule has 0 aliphatic heterocycles. The number of hydrogen-bond donors (Lipinski definition) is 1. The second-order valence-corrected chi connectivity index (χ2v) is 4.57. The summed E-state index contributed by atoms with van der Waals surface area (Å²) in [4.78, 5) is 0.342. The molecule has 3 nitrogen and oxygen atoms in total. The van der Waals surface area contributed by atoms with Gasteiger partial charge in [-0.3, -0.25) is 0 Å². The van der Waals surface area contributed by atoms with Crippen molar-refractivity contribution in [3.63, 3.8) is 0 Å². The van der Waals surface area contributed by atoms with E-state index in [-0.39, 0.29) is 12.4 Å². The average Bonchev–Trinajstić information content (AvgIpc) is 2.03. The smallest absolute Gasteiger partial charge is 0.175 e. The van der Waals surface area contributed by atoms with E-state index in [4.69, 9.17) is 0 Å². The molecule has 0 radical (unpaired) electrons. The van der Waals surface area contributed by atoms with Crippen molar-refractivity contribution in [3.8, 4) is 0 Å². The summed E-state index contributed by atoms with van der Waals surface area (Å²) in [6.45, 7) is 0. The van der Waals surface area contributed by atoms with Crippen LogP contribution in [0.4, 0.5) is 5.69 Å². The minimum atomic E-state index is -3.08. The fraction of sp³-hybridized carbons (Fsp3) is 0.250. The minimum absolute atomic E-state index is 0. The number of hydrogen-bond acceptors (Lipinski definition) is 3. The number of benzene rings is 1. The molecule has 5 heteroatoms. The van der Waals surface area contributed by atoms with Gasteiger partial charge in [-0.15, -0.1) is 12.4 Å². The molecule has 0 saturated heterocycles. The molecule has 74 valence electrons. The summed E-state index contributed by atoms with van der Waals surface area (Å²) in [6.07, 6.45) is 1.20. The Labute approximate surface area is 84.5 Å². The van der Waals surface area contributed by atoms with E-state index in [2.05, 4.69) is 5.32 Å². The molecule has 0 aliphatic carbocycles. The predicted octanol–water partition coefficient (Wildman–Crippen LogP) is 1.55. The van der Waals surface area contributed by atoms with Crippen LogP contribution < -0.4 is 5.32 Å². The Kier molecular flexibility index (Phi) is 4.23. The minimum Gasteiger partial charge on any atom is -0.388 e. The van der Waals surface area contributed by atoms with Gasteiger partial charge in [0.05, 0.1) is 4.90 Å². The third kappa shape index (κ3) is 3.24. The van der Waals surface area contributed by atoms with Crippen LogP contribution in [0.3, 0.4) is 0 Å². The molecular weight excluding hydrogens is 210 g/mol. The van der Waals surface area contributed by atoms with E-state index < -0.39 is 9.84 Å². The van der Waals surface area contributed by atoms with Crippen LogP contribution >= 0.6 is 12.4 Å². The Morgan fingerprint density at radius 3 is 2.38 bits per heavy atom. The summed E-state index contributed by atoms with van der Waals surface area (Å²) in [5.41, 5.74) is 0.804. The first kappa shape index (κ1) is 12.3. The van der Waals surface area contributed by atoms with Gasteiger partial charge in [-0.05, 0) is 18.2 Å². The molecule has 0 fully saturated rings. The highest BCUT2D eigenvalue weighted by Crippen LogP contribution is 2.14. The third-order valence-electron chi connectivity index (χ3n) is 1.55. The van der Waals surface area contributed by atoms with Crippen LogP contribution in [0.2, 0.25) is 0 Å². The van der Waals surface area contributed by atoms with E-state index in [0.29, 0.717) is 4.90 Å². The Morgan fingerprint density at radius 2 is 1.92 bits per heavy atom. The lowest BCUT2D eigenvalue weighted by Crippen LogP contribution is -1.97. The summed E-state index contributed by atoms with van der Waals surface area (Å²) in [5.74, 6) is 0. The molecule has 0 spiro atoms. The van der Waals surface area contributed by atoms with Crippen molar-refractivity contribution >= 4 is 27.9 Å². The van der Waals surface area contributed by atoms with E-state index in [1.807, 2.05) is 6.07 Å². The van der Waals surface area contributed by atoms with Gasteiger partial charge in [0.15, 0.2) is 9.84 Å². The highest BCUT2D eigenvalue weighted by atomic mass is 35.5. The lowest BCUT2D eigenvalue weighted by Gasteiger charge is -2.01. The van der Waals surface area contributed by atoms with Gasteiger partial charge >= 0.3 is 0 Å². The maximum atomic E-state index is 11.1. The Balaban J connectivity index is 0.00000144. The van der Waals surface area contributed by atoms with Crippen LogP contribution in [0.15, 0.2) is 29.2 Å². The topological polar surface area (TPSA) is 46.2 Å². The first-order chi connectivity index (χ1) is 5.54. The molecule has 1 aromatic rings. The molecule has 0 atom stereocenters. The molecule has 1 aromatic carbocycles. The number of anilines is 1. The maximum absolute atomic E-state index is 11.1. The lowest BCUT2D eigenvalue weighted by molar-refractivity contribution is 0.602. The first-order valence-electron chi connectivity index (χ1n) is 3.52. The van der Waals surface area contributed by atoms with Crippen molar-refractivity contribution in [2.24, 2.45) is 0 Å². The summed E-state index contributed by atoms with van der Waals surface area (Å²) in [7, 11) is -1.32. The predicted molar refractivity (Wildman–Crippen MR) is 56.3 cm³/mol. The summed E-state index contributed by atoms with van der Waals surface area (Å²) < 4.78 is 22.1. The van der Waals surface area contributed by atoms with Crippen molar-refractivity contribution in [2.45, 2.75) is 4.90 Å². The van der Waals surface area contributed by atoms with Crippen LogP contribution in [0.1, 0.15) is 0 Å². The van der Waals surface area contributed by atoms with E-state index in [1.165, 1.54) is 6.26 Å². The second-order valence-electron chi connectivity index (χ2n) is 2.55. The van der Waals surface area contributed by atoms with Crippen molar-refractivity contribution in [3.05, 3.63) is 24.3 Å². The zero-order chi connectivity index (χ0) is 9.19. The standard InChI is InChI=1S/C8H11NO2S.ClH/c1-9-7-4-3-5-8(6-7)12(2,10)11;/h3-6,9H,1-2H3;1H. The van der Waals surface area contributed by atoms with Crippen molar-refractivity contribution in [1.82, 2.24) is 0 Å². The second kappa shape index (κ2) is 4.48. The number of sulfone groups is 1. The number of nitrogens with one attached hydrogen (secondary N) is 1. The fourth-order valence-corrected chi connectivity index (χ4v) is 1.55. The molecule has 0 heterocycles. The highest BCUT2D eigenvalue weighted by molar-refractivity contribution is 7.90. The summed E-state index contributed by atoms with van der Waals surface area (Å²) in [6, 6.07) is 6.71. The van der Waals surface area contributed by atoms with Gasteiger partial charge in [-0.2, -0.15) is 0 Å². The summed E-state index contributed by atoms with van der Waals surface area (Å²) >= 11 is 0. The van der Waals surface area contributed by atoms with E-state index >= 15 is 0 Å². The van der Waals surface area contributed by atoms with E-state index in [1.54, 1.807) is 25.2 Å². The van der Waals surface area contributed by atoms with E-state index in [0.717, 1.165) is 5.69 Å². The van der Waals surface area contributed by atoms with Crippen LogP contribution in [0, 0.1) is 0 Å². The monoisotopic (exact) mass is 221 g/mol. The van der Waals surface area contributed by atoms with Gasteiger partial charge in [0.25, 0.3) is 0 Å². The molecule has 1 rings (SSSR count). The third-order valence-corrected chi connectivity index (χ3v) is 2.66. The lowest BCUT2D eigenvalue weighted by atomic mass is 10.3. The Hall–Kier alpha value is -0.740. The van der Waals surface area contributed by atoms with Crippen LogP contribution in [-0.4, -0.2) is 21.7 Å². The molecule has 0 aliphatic rings. The van der Waals surface area contributed by atoms with Gasteiger partial charge in [-0.25, -0.2) is 8.42 Å². The maximum Gasteiger partial charge on any atom is 0.175 e. The number of rotatable bonds is 2. The zero-order valence-corrected chi connectivity index (χ0v) is 9.08. The molecule has 13 heavy (non-hydrogen) atoms. The van der Waals surface area contributed by atoms with Gasteiger partial charge in [0.1, 0.15) is 0 Å². The van der Waals surface area contributed by atoms with Crippen LogP contribution in [0.25, 0.3) is 0 Å². The molecule has 0 unspecified atom stereocenters. The Bertz CT molecular complexity index is 375.